The predicted molar refractivity (Wildman–Crippen MR) is 69.9 cm³/mol. The van der Waals surface area contributed by atoms with Crippen molar-refractivity contribution in [2.24, 2.45) is 0 Å². The Hall–Kier alpha value is -2.27. The van der Waals surface area contributed by atoms with E-state index in [0.717, 1.165) is 5.69 Å². The van der Waals surface area contributed by atoms with Crippen molar-refractivity contribution < 1.29 is 0 Å². The largest absolute Gasteiger partial charge is 0.338 e. The van der Waals surface area contributed by atoms with Crippen LogP contribution < -0.4 is 5.32 Å². The SMILES string of the molecule is Clc1ncc2ncnc(Nc3ccccc3)c2n1. The lowest BCUT2D eigenvalue weighted by atomic mass is 10.3. The average molecular weight is 258 g/mol. The van der Waals surface area contributed by atoms with E-state index in [9.17, 15) is 0 Å². The van der Waals surface area contributed by atoms with E-state index in [0.29, 0.717) is 16.9 Å². The zero-order valence-electron chi connectivity index (χ0n) is 9.21. The van der Waals surface area contributed by atoms with Gasteiger partial charge in [0, 0.05) is 5.69 Å². The number of halogens is 1. The van der Waals surface area contributed by atoms with Crippen molar-refractivity contribution >= 4 is 34.1 Å². The lowest BCUT2D eigenvalue weighted by Gasteiger charge is -2.06. The van der Waals surface area contributed by atoms with Crippen LogP contribution in [0.2, 0.25) is 5.28 Å². The molecule has 0 unspecified atom stereocenters. The highest BCUT2D eigenvalue weighted by Gasteiger charge is 2.06. The predicted octanol–water partition coefficient (Wildman–Crippen LogP) is 2.82. The molecule has 0 saturated carbocycles. The molecule has 0 fully saturated rings. The monoisotopic (exact) mass is 257 g/mol. The van der Waals surface area contributed by atoms with Crippen LogP contribution in [0.3, 0.4) is 0 Å². The number of aromatic nitrogens is 4. The molecule has 1 aromatic carbocycles. The van der Waals surface area contributed by atoms with E-state index in [1.54, 1.807) is 6.20 Å². The van der Waals surface area contributed by atoms with Gasteiger partial charge in [-0.15, -0.1) is 0 Å². The Kier molecular flexibility index (Phi) is 2.74. The molecular weight excluding hydrogens is 250 g/mol. The number of hydrogen-bond donors (Lipinski definition) is 1. The molecular formula is C12H8ClN5. The third-order valence-corrected chi connectivity index (χ3v) is 2.57. The number of para-hydroxylation sites is 1. The molecule has 0 atom stereocenters. The lowest BCUT2D eigenvalue weighted by molar-refractivity contribution is 1.15. The molecule has 3 rings (SSSR count). The number of rotatable bonds is 2. The molecule has 6 heteroatoms. The zero-order chi connectivity index (χ0) is 12.4. The van der Waals surface area contributed by atoms with Gasteiger partial charge in [-0.3, -0.25) is 0 Å². The second-order valence-corrected chi connectivity index (χ2v) is 3.92. The summed E-state index contributed by atoms with van der Waals surface area (Å²) in [6, 6.07) is 9.71. The molecule has 0 aliphatic rings. The van der Waals surface area contributed by atoms with Gasteiger partial charge in [-0.05, 0) is 23.7 Å². The minimum absolute atomic E-state index is 0.174. The lowest BCUT2D eigenvalue weighted by Crippen LogP contribution is -1.98. The maximum Gasteiger partial charge on any atom is 0.223 e. The van der Waals surface area contributed by atoms with Gasteiger partial charge in [0.1, 0.15) is 17.4 Å². The van der Waals surface area contributed by atoms with E-state index < -0.39 is 0 Å². The molecule has 0 spiro atoms. The highest BCUT2D eigenvalue weighted by Crippen LogP contribution is 2.21. The van der Waals surface area contributed by atoms with Crippen LogP contribution in [0.25, 0.3) is 11.0 Å². The van der Waals surface area contributed by atoms with Crippen LogP contribution in [0.4, 0.5) is 11.5 Å². The smallest absolute Gasteiger partial charge is 0.223 e. The first-order valence-corrected chi connectivity index (χ1v) is 5.66. The van der Waals surface area contributed by atoms with Gasteiger partial charge in [-0.2, -0.15) is 0 Å². The van der Waals surface area contributed by atoms with Crippen molar-refractivity contribution in [3.63, 3.8) is 0 Å². The number of nitrogens with zero attached hydrogens (tertiary/aromatic N) is 4. The fraction of sp³-hybridized carbons (Fsp3) is 0. The highest BCUT2D eigenvalue weighted by atomic mass is 35.5. The third kappa shape index (κ3) is 2.08. The van der Waals surface area contributed by atoms with Gasteiger partial charge >= 0.3 is 0 Å². The van der Waals surface area contributed by atoms with E-state index >= 15 is 0 Å². The average Bonchev–Trinajstić information content (AvgIpc) is 2.41. The maximum atomic E-state index is 5.79. The summed E-state index contributed by atoms with van der Waals surface area (Å²) in [7, 11) is 0. The van der Waals surface area contributed by atoms with Crippen molar-refractivity contribution in [2.75, 3.05) is 5.32 Å². The second-order valence-electron chi connectivity index (χ2n) is 3.59. The van der Waals surface area contributed by atoms with E-state index in [2.05, 4.69) is 25.3 Å². The molecule has 3 aromatic rings. The first kappa shape index (κ1) is 10.9. The van der Waals surface area contributed by atoms with Crippen molar-refractivity contribution in [1.29, 1.82) is 0 Å². The Bertz CT molecular complexity index is 686. The summed E-state index contributed by atoms with van der Waals surface area (Å²) in [5, 5.41) is 3.35. The molecule has 0 aliphatic carbocycles. The number of hydrogen-bond acceptors (Lipinski definition) is 5. The van der Waals surface area contributed by atoms with E-state index in [-0.39, 0.29) is 5.28 Å². The summed E-state index contributed by atoms with van der Waals surface area (Å²) in [5.41, 5.74) is 2.17. The molecule has 18 heavy (non-hydrogen) atoms. The number of anilines is 2. The zero-order valence-corrected chi connectivity index (χ0v) is 9.96. The van der Waals surface area contributed by atoms with Crippen LogP contribution in [-0.2, 0) is 0 Å². The fourth-order valence-electron chi connectivity index (χ4n) is 1.58. The normalized spacial score (nSPS) is 10.5. The standard InChI is InChI=1S/C12H8ClN5/c13-12-14-6-9-10(18-12)11(16-7-15-9)17-8-4-2-1-3-5-8/h1-7H,(H,15,16,17). The van der Waals surface area contributed by atoms with Gasteiger partial charge in [-0.25, -0.2) is 19.9 Å². The van der Waals surface area contributed by atoms with Crippen LogP contribution in [0.1, 0.15) is 0 Å². The summed E-state index contributed by atoms with van der Waals surface area (Å²) in [5.74, 6) is 0.607. The highest BCUT2D eigenvalue weighted by molar-refractivity contribution is 6.28. The molecule has 0 aliphatic heterocycles. The number of benzene rings is 1. The number of nitrogens with one attached hydrogen (secondary N) is 1. The van der Waals surface area contributed by atoms with Crippen LogP contribution in [0.15, 0.2) is 42.9 Å². The van der Waals surface area contributed by atoms with Crippen molar-refractivity contribution in [3.8, 4) is 0 Å². The molecule has 88 valence electrons. The Morgan fingerprint density at radius 3 is 2.67 bits per heavy atom. The maximum absolute atomic E-state index is 5.79. The molecule has 1 N–H and O–H groups in total. The number of fused-ring (bicyclic) bond motifs is 1. The van der Waals surface area contributed by atoms with Crippen LogP contribution in [-0.4, -0.2) is 19.9 Å². The molecule has 0 amide bonds. The minimum atomic E-state index is 0.174. The fourth-order valence-corrected chi connectivity index (χ4v) is 1.72. The van der Waals surface area contributed by atoms with Gasteiger partial charge in [0.05, 0.1) is 6.20 Å². The second kappa shape index (κ2) is 4.54. The summed E-state index contributed by atoms with van der Waals surface area (Å²) < 4.78 is 0. The molecule has 0 saturated heterocycles. The van der Waals surface area contributed by atoms with E-state index in [1.807, 2.05) is 30.3 Å². The molecule has 5 nitrogen and oxygen atoms in total. The quantitative estimate of drug-likeness (QED) is 0.715. The van der Waals surface area contributed by atoms with Gasteiger partial charge in [0.15, 0.2) is 5.82 Å². The van der Waals surface area contributed by atoms with Gasteiger partial charge in [0.25, 0.3) is 0 Å². The first-order valence-electron chi connectivity index (χ1n) is 5.28. The molecule has 2 aromatic heterocycles. The molecule has 2 heterocycles. The molecule has 0 radical (unpaired) electrons. The first-order chi connectivity index (χ1) is 8.83. The van der Waals surface area contributed by atoms with Gasteiger partial charge in [-0.1, -0.05) is 18.2 Å². The van der Waals surface area contributed by atoms with Crippen molar-refractivity contribution in [1.82, 2.24) is 19.9 Å². The Balaban J connectivity index is 2.09. The van der Waals surface area contributed by atoms with Gasteiger partial charge in [0.2, 0.25) is 5.28 Å². The van der Waals surface area contributed by atoms with Gasteiger partial charge < -0.3 is 5.32 Å². The minimum Gasteiger partial charge on any atom is -0.338 e. The summed E-state index contributed by atoms with van der Waals surface area (Å²) in [6.07, 6.45) is 3.04. The van der Waals surface area contributed by atoms with E-state index in [4.69, 9.17) is 11.6 Å². The molecule has 0 bridgehead atoms. The van der Waals surface area contributed by atoms with Crippen molar-refractivity contribution in [2.45, 2.75) is 0 Å². The topological polar surface area (TPSA) is 63.6 Å². The van der Waals surface area contributed by atoms with E-state index in [1.165, 1.54) is 6.33 Å². The third-order valence-electron chi connectivity index (χ3n) is 2.38. The Labute approximate surface area is 108 Å². The van der Waals surface area contributed by atoms with Crippen LogP contribution in [0.5, 0.6) is 0 Å². The van der Waals surface area contributed by atoms with Crippen LogP contribution >= 0.6 is 11.6 Å². The summed E-state index contributed by atoms with van der Waals surface area (Å²) in [6.45, 7) is 0. The van der Waals surface area contributed by atoms with Crippen LogP contribution in [0, 0.1) is 0 Å². The summed E-state index contributed by atoms with van der Waals surface area (Å²) >= 11 is 5.79. The van der Waals surface area contributed by atoms with Crippen molar-refractivity contribution in [3.05, 3.63) is 48.1 Å². The Morgan fingerprint density at radius 2 is 1.83 bits per heavy atom. The Morgan fingerprint density at radius 1 is 1.00 bits per heavy atom. The summed E-state index contributed by atoms with van der Waals surface area (Å²) in [4.78, 5) is 16.3.